The highest BCUT2D eigenvalue weighted by atomic mass is 32.2. The van der Waals surface area contributed by atoms with Crippen molar-refractivity contribution in [1.29, 1.82) is 0 Å². The van der Waals surface area contributed by atoms with Crippen LogP contribution >= 0.6 is 23.1 Å². The average molecular weight is 347 g/mol. The molecule has 0 amide bonds. The lowest BCUT2D eigenvalue weighted by Gasteiger charge is -2.02. The third-order valence-corrected chi connectivity index (χ3v) is 4.95. The van der Waals surface area contributed by atoms with Gasteiger partial charge in [-0.25, -0.2) is 14.4 Å². The smallest absolute Gasteiger partial charge is 0.206 e. The van der Waals surface area contributed by atoms with Gasteiger partial charge in [0.15, 0.2) is 10.2 Å². The van der Waals surface area contributed by atoms with Crippen molar-refractivity contribution >= 4 is 28.2 Å². The Balaban J connectivity index is 1.66. The van der Waals surface area contributed by atoms with Gasteiger partial charge in [-0.2, -0.15) is 0 Å². The first-order valence-corrected chi connectivity index (χ1v) is 8.68. The van der Waals surface area contributed by atoms with Gasteiger partial charge in [-0.3, -0.25) is 0 Å². The van der Waals surface area contributed by atoms with Gasteiger partial charge in [-0.05, 0) is 23.7 Å². The Morgan fingerprint density at radius 2 is 2.00 bits per heavy atom. The summed E-state index contributed by atoms with van der Waals surface area (Å²) < 4.78 is 14.8. The van der Waals surface area contributed by atoms with Crippen LogP contribution in [0.4, 0.5) is 9.52 Å². The van der Waals surface area contributed by atoms with Gasteiger partial charge in [-0.15, -0.1) is 10.2 Å². The molecule has 0 fully saturated rings. The number of aromatic nitrogens is 4. The molecule has 0 saturated heterocycles. The maximum atomic E-state index is 14.1. The van der Waals surface area contributed by atoms with E-state index in [2.05, 4.69) is 25.5 Å². The van der Waals surface area contributed by atoms with E-state index in [1.807, 2.05) is 37.3 Å². The summed E-state index contributed by atoms with van der Waals surface area (Å²) in [6.07, 6.45) is 1.90. The molecule has 1 aromatic carbocycles. The van der Waals surface area contributed by atoms with Crippen LogP contribution in [-0.2, 0) is 13.0 Å². The van der Waals surface area contributed by atoms with Crippen LogP contribution < -0.4 is 5.32 Å². The van der Waals surface area contributed by atoms with Gasteiger partial charge in [-0.1, -0.05) is 48.6 Å². The maximum Gasteiger partial charge on any atom is 0.206 e. The van der Waals surface area contributed by atoms with E-state index in [9.17, 15) is 4.39 Å². The third kappa shape index (κ3) is 4.02. The normalized spacial score (nSPS) is 10.7. The number of nitrogens with one attached hydrogen (secondary N) is 1. The Bertz CT molecular complexity index is 779. The molecule has 0 aliphatic carbocycles. The zero-order valence-corrected chi connectivity index (χ0v) is 14.0. The van der Waals surface area contributed by atoms with Crippen molar-refractivity contribution in [2.24, 2.45) is 0 Å². The van der Waals surface area contributed by atoms with E-state index in [0.29, 0.717) is 28.1 Å². The predicted molar refractivity (Wildman–Crippen MR) is 89.2 cm³/mol. The standard InChI is InChI=1S/C15H14FN5S2/c1-2-11-12(16)13(19-9-18-11)22-15-21-20-14(23-15)17-8-10-6-4-3-5-7-10/h3-7,9H,2,8H2,1H3,(H,17,20). The zero-order chi connectivity index (χ0) is 16.1. The molecule has 3 rings (SSSR count). The summed E-state index contributed by atoms with van der Waals surface area (Å²) in [5.74, 6) is -0.381. The molecule has 23 heavy (non-hydrogen) atoms. The minimum Gasteiger partial charge on any atom is -0.356 e. The van der Waals surface area contributed by atoms with Crippen LogP contribution in [-0.4, -0.2) is 20.2 Å². The van der Waals surface area contributed by atoms with E-state index in [1.54, 1.807) is 0 Å². The monoisotopic (exact) mass is 347 g/mol. The van der Waals surface area contributed by atoms with Gasteiger partial charge in [0.25, 0.3) is 0 Å². The van der Waals surface area contributed by atoms with E-state index in [4.69, 9.17) is 0 Å². The number of hydrogen-bond acceptors (Lipinski definition) is 7. The number of hydrogen-bond donors (Lipinski definition) is 1. The number of rotatable bonds is 6. The molecule has 2 aromatic heterocycles. The van der Waals surface area contributed by atoms with Gasteiger partial charge in [0, 0.05) is 6.54 Å². The third-order valence-electron chi connectivity index (χ3n) is 3.04. The average Bonchev–Trinajstić information content (AvgIpc) is 3.03. The highest BCUT2D eigenvalue weighted by molar-refractivity contribution is 8.01. The van der Waals surface area contributed by atoms with Crippen LogP contribution in [0.3, 0.4) is 0 Å². The van der Waals surface area contributed by atoms with Gasteiger partial charge in [0.2, 0.25) is 5.13 Å². The van der Waals surface area contributed by atoms with Gasteiger partial charge in [0.05, 0.1) is 5.69 Å². The molecule has 0 aliphatic rings. The summed E-state index contributed by atoms with van der Waals surface area (Å²) in [5.41, 5.74) is 1.57. The molecular weight excluding hydrogens is 333 g/mol. The Morgan fingerprint density at radius 1 is 1.17 bits per heavy atom. The van der Waals surface area contributed by atoms with E-state index in [-0.39, 0.29) is 10.8 Å². The molecule has 118 valence electrons. The number of nitrogens with zero attached hydrogens (tertiary/aromatic N) is 4. The van der Waals surface area contributed by atoms with E-state index in [0.717, 1.165) is 5.56 Å². The number of aryl methyl sites for hydroxylation is 1. The quantitative estimate of drug-likeness (QED) is 0.685. The van der Waals surface area contributed by atoms with Crippen molar-refractivity contribution in [2.75, 3.05) is 5.32 Å². The Hall–Kier alpha value is -2.06. The molecular formula is C15H14FN5S2. The summed E-state index contributed by atoms with van der Waals surface area (Å²) in [4.78, 5) is 7.90. The highest BCUT2D eigenvalue weighted by Crippen LogP contribution is 2.32. The molecule has 0 spiro atoms. The van der Waals surface area contributed by atoms with Crippen LogP contribution in [0.2, 0.25) is 0 Å². The molecule has 0 unspecified atom stereocenters. The fraction of sp³-hybridized carbons (Fsp3) is 0.200. The molecule has 5 nitrogen and oxygen atoms in total. The molecule has 0 saturated carbocycles. The molecule has 8 heteroatoms. The Kier molecular flexibility index (Phi) is 5.14. The largest absolute Gasteiger partial charge is 0.356 e. The van der Waals surface area contributed by atoms with E-state index in [1.165, 1.54) is 29.4 Å². The van der Waals surface area contributed by atoms with Gasteiger partial charge >= 0.3 is 0 Å². The molecule has 0 bridgehead atoms. The number of halogens is 1. The number of benzene rings is 1. The lowest BCUT2D eigenvalue weighted by atomic mass is 10.2. The molecule has 0 radical (unpaired) electrons. The van der Waals surface area contributed by atoms with Crippen LogP contribution in [0.1, 0.15) is 18.2 Å². The first-order valence-electron chi connectivity index (χ1n) is 7.04. The lowest BCUT2D eigenvalue weighted by molar-refractivity contribution is 0.559. The first kappa shape index (κ1) is 15.8. The second-order valence-electron chi connectivity index (χ2n) is 4.61. The summed E-state index contributed by atoms with van der Waals surface area (Å²) in [6.45, 7) is 2.53. The molecule has 0 aliphatic heterocycles. The first-order chi connectivity index (χ1) is 11.3. The highest BCUT2D eigenvalue weighted by Gasteiger charge is 2.14. The fourth-order valence-electron chi connectivity index (χ4n) is 1.88. The van der Waals surface area contributed by atoms with Crippen LogP contribution in [0.15, 0.2) is 46.0 Å². The van der Waals surface area contributed by atoms with E-state index >= 15 is 0 Å². The van der Waals surface area contributed by atoms with Crippen molar-refractivity contribution in [3.63, 3.8) is 0 Å². The van der Waals surface area contributed by atoms with Gasteiger partial charge in [0.1, 0.15) is 11.4 Å². The van der Waals surface area contributed by atoms with Crippen molar-refractivity contribution in [3.05, 3.63) is 53.7 Å². The van der Waals surface area contributed by atoms with E-state index < -0.39 is 0 Å². The van der Waals surface area contributed by atoms with Crippen molar-refractivity contribution in [1.82, 2.24) is 20.2 Å². The number of anilines is 1. The SMILES string of the molecule is CCc1ncnc(Sc2nnc(NCc3ccccc3)s2)c1F. The summed E-state index contributed by atoms with van der Waals surface area (Å²) in [7, 11) is 0. The lowest BCUT2D eigenvalue weighted by Crippen LogP contribution is -1.98. The fourth-order valence-corrected chi connectivity index (χ4v) is 3.55. The second kappa shape index (κ2) is 7.47. The minimum absolute atomic E-state index is 0.280. The maximum absolute atomic E-state index is 14.1. The molecule has 2 heterocycles. The van der Waals surface area contributed by atoms with Crippen molar-refractivity contribution < 1.29 is 4.39 Å². The molecule has 0 atom stereocenters. The van der Waals surface area contributed by atoms with Gasteiger partial charge < -0.3 is 5.32 Å². The summed E-state index contributed by atoms with van der Waals surface area (Å²) in [5, 5.41) is 12.3. The molecule has 1 N–H and O–H groups in total. The summed E-state index contributed by atoms with van der Waals surface area (Å²) >= 11 is 2.54. The second-order valence-corrected chi connectivity index (χ2v) is 6.82. The van der Waals surface area contributed by atoms with Crippen molar-refractivity contribution in [3.8, 4) is 0 Å². The van der Waals surface area contributed by atoms with Crippen LogP contribution in [0.25, 0.3) is 0 Å². The Morgan fingerprint density at radius 3 is 2.78 bits per heavy atom. The topological polar surface area (TPSA) is 63.6 Å². The van der Waals surface area contributed by atoms with Crippen LogP contribution in [0, 0.1) is 5.82 Å². The zero-order valence-electron chi connectivity index (χ0n) is 12.4. The predicted octanol–water partition coefficient (Wildman–Crippen LogP) is 3.79. The van der Waals surface area contributed by atoms with Crippen molar-refractivity contribution in [2.45, 2.75) is 29.3 Å². The minimum atomic E-state index is -0.381. The Labute approximate surface area is 141 Å². The summed E-state index contributed by atoms with van der Waals surface area (Å²) in [6, 6.07) is 10.0. The molecule has 3 aromatic rings. The van der Waals surface area contributed by atoms with Crippen LogP contribution in [0.5, 0.6) is 0 Å².